The molecule has 7 nitrogen and oxygen atoms in total. The van der Waals surface area contributed by atoms with E-state index in [0.717, 1.165) is 0 Å². The molecule has 0 bridgehead atoms. The Hall–Kier alpha value is -2.88. The number of carbonyl (C=O) groups is 2. The predicted molar refractivity (Wildman–Crippen MR) is 89.7 cm³/mol. The molecular formula is C19H16F2O7. The topological polar surface area (TPSA) is 91.3 Å². The Kier molecular flexibility index (Phi) is 5.98. The Bertz CT molecular complexity index is 814. The number of hydrogen-bond acceptors (Lipinski definition) is 7. The zero-order valence-corrected chi connectivity index (χ0v) is 14.4. The predicted octanol–water partition coefficient (Wildman–Crippen LogP) is 2.92. The summed E-state index contributed by atoms with van der Waals surface area (Å²) in [6.45, 7) is -0.643. The van der Waals surface area contributed by atoms with Crippen LogP contribution in [0.15, 0.2) is 60.7 Å². The van der Waals surface area contributed by atoms with Gasteiger partial charge in [0, 0.05) is 0 Å². The molecule has 1 heterocycles. The molecule has 1 N–H and O–H groups in total. The third-order valence-electron chi connectivity index (χ3n) is 4.06. The maximum Gasteiger partial charge on any atom is 0.339 e. The summed E-state index contributed by atoms with van der Waals surface area (Å²) in [6, 6.07) is 15.4. The second kappa shape index (κ2) is 8.42. The molecule has 28 heavy (non-hydrogen) atoms. The van der Waals surface area contributed by atoms with Crippen LogP contribution in [0.1, 0.15) is 20.7 Å². The van der Waals surface area contributed by atoms with Gasteiger partial charge in [-0.3, -0.25) is 0 Å². The van der Waals surface area contributed by atoms with Crippen LogP contribution in [-0.4, -0.2) is 48.2 Å². The number of benzene rings is 2. The van der Waals surface area contributed by atoms with E-state index in [-0.39, 0.29) is 11.1 Å². The van der Waals surface area contributed by atoms with E-state index in [1.165, 1.54) is 24.3 Å². The zero-order chi connectivity index (χ0) is 20.1. The van der Waals surface area contributed by atoms with E-state index in [1.807, 2.05) is 0 Å². The third-order valence-corrected chi connectivity index (χ3v) is 4.06. The minimum atomic E-state index is -3.87. The number of carbonyl (C=O) groups excluding carboxylic acids is 2. The van der Waals surface area contributed by atoms with Crippen molar-refractivity contribution in [1.29, 1.82) is 0 Å². The molecule has 3 atom stereocenters. The first kappa shape index (κ1) is 19.9. The van der Waals surface area contributed by atoms with Crippen molar-refractivity contribution in [3.63, 3.8) is 0 Å². The summed E-state index contributed by atoms with van der Waals surface area (Å²) in [6.07, 6.45) is -6.06. The van der Waals surface area contributed by atoms with Crippen LogP contribution in [0.25, 0.3) is 0 Å². The minimum Gasteiger partial charge on any atom is -0.459 e. The molecule has 148 valence electrons. The van der Waals surface area contributed by atoms with E-state index in [1.54, 1.807) is 36.4 Å². The lowest BCUT2D eigenvalue weighted by Crippen LogP contribution is -2.44. The number of hydrogen-bond donors (Lipinski definition) is 1. The number of rotatable bonds is 6. The van der Waals surface area contributed by atoms with Crippen LogP contribution in [0.5, 0.6) is 0 Å². The van der Waals surface area contributed by atoms with E-state index in [2.05, 4.69) is 4.89 Å². The van der Waals surface area contributed by atoms with Crippen LogP contribution in [0, 0.1) is 0 Å². The van der Waals surface area contributed by atoms with Crippen LogP contribution in [-0.2, 0) is 19.1 Å². The van der Waals surface area contributed by atoms with Gasteiger partial charge in [0.2, 0.25) is 6.10 Å². The number of alkyl halides is 2. The summed E-state index contributed by atoms with van der Waals surface area (Å²) in [4.78, 5) is 27.8. The maximum absolute atomic E-state index is 14.4. The van der Waals surface area contributed by atoms with E-state index in [0.29, 0.717) is 0 Å². The molecule has 3 rings (SSSR count). The Morgan fingerprint density at radius 1 is 0.964 bits per heavy atom. The molecule has 0 saturated carbocycles. The molecule has 1 aliphatic heterocycles. The molecule has 0 amide bonds. The fourth-order valence-corrected chi connectivity index (χ4v) is 2.65. The highest BCUT2D eigenvalue weighted by molar-refractivity contribution is 5.90. The van der Waals surface area contributed by atoms with Gasteiger partial charge in [-0.15, -0.1) is 0 Å². The molecule has 0 aromatic heterocycles. The number of esters is 2. The van der Waals surface area contributed by atoms with E-state index in [4.69, 9.17) is 19.5 Å². The summed E-state index contributed by atoms with van der Waals surface area (Å²) in [5, 5.41) is 8.69. The Morgan fingerprint density at radius 2 is 1.50 bits per heavy atom. The normalized spacial score (nSPS) is 23.2. The van der Waals surface area contributed by atoms with Crippen molar-refractivity contribution < 1.29 is 42.7 Å². The van der Waals surface area contributed by atoms with E-state index in [9.17, 15) is 18.4 Å². The second-order valence-corrected chi connectivity index (χ2v) is 5.94. The SMILES string of the molecule is O=C(OC[C@H]1OC(OO)C(F)(F)[C@@H]1OC(=O)c1ccccc1)c1ccccc1. The lowest BCUT2D eigenvalue weighted by Gasteiger charge is -2.22. The molecule has 0 radical (unpaired) electrons. The van der Waals surface area contributed by atoms with Crippen LogP contribution in [0.4, 0.5) is 8.78 Å². The lowest BCUT2D eigenvalue weighted by atomic mass is 10.1. The van der Waals surface area contributed by atoms with E-state index >= 15 is 0 Å². The Labute approximate surface area is 158 Å². The van der Waals surface area contributed by atoms with Crippen molar-refractivity contribution in [1.82, 2.24) is 0 Å². The van der Waals surface area contributed by atoms with Gasteiger partial charge in [0.05, 0.1) is 11.1 Å². The zero-order valence-electron chi connectivity index (χ0n) is 14.4. The number of halogens is 2. The van der Waals surface area contributed by atoms with Gasteiger partial charge in [0.15, 0.2) is 0 Å². The van der Waals surface area contributed by atoms with Crippen LogP contribution in [0.3, 0.4) is 0 Å². The first-order valence-electron chi connectivity index (χ1n) is 8.25. The van der Waals surface area contributed by atoms with Gasteiger partial charge >= 0.3 is 17.9 Å². The van der Waals surface area contributed by atoms with Gasteiger partial charge in [0.25, 0.3) is 6.29 Å². The van der Waals surface area contributed by atoms with Crippen molar-refractivity contribution >= 4 is 11.9 Å². The molecule has 0 spiro atoms. The average Bonchev–Trinajstić information content (AvgIpc) is 2.96. The van der Waals surface area contributed by atoms with Crippen LogP contribution in [0.2, 0.25) is 0 Å². The van der Waals surface area contributed by atoms with Crippen molar-refractivity contribution in [3.05, 3.63) is 71.8 Å². The lowest BCUT2D eigenvalue weighted by molar-refractivity contribution is -0.378. The summed E-state index contributed by atoms with van der Waals surface area (Å²) in [5.41, 5.74) is 0.256. The molecule has 1 saturated heterocycles. The van der Waals surface area contributed by atoms with Crippen molar-refractivity contribution in [2.24, 2.45) is 0 Å². The second-order valence-electron chi connectivity index (χ2n) is 5.94. The van der Waals surface area contributed by atoms with Crippen LogP contribution >= 0.6 is 0 Å². The highest BCUT2D eigenvalue weighted by atomic mass is 19.3. The monoisotopic (exact) mass is 394 g/mol. The molecule has 1 unspecified atom stereocenters. The van der Waals surface area contributed by atoms with Crippen LogP contribution < -0.4 is 0 Å². The standard InChI is InChI=1S/C19H16F2O7/c20-19(21)15(27-17(23)13-9-5-2-6-10-13)14(26-18(19)28-24)11-25-16(22)12-7-3-1-4-8-12/h1-10,14-15,18,24H,11H2/t14-,15-,18?/m1/s1. The maximum atomic E-state index is 14.4. The van der Waals surface area contributed by atoms with Crippen molar-refractivity contribution in [3.8, 4) is 0 Å². The third kappa shape index (κ3) is 4.16. The molecule has 1 aliphatic rings. The summed E-state index contributed by atoms with van der Waals surface area (Å²) < 4.78 is 43.6. The quantitative estimate of drug-likeness (QED) is 0.458. The fourth-order valence-electron chi connectivity index (χ4n) is 2.65. The molecular weight excluding hydrogens is 378 g/mol. The minimum absolute atomic E-state index is 0.0479. The fraction of sp³-hybridized carbons (Fsp3) is 0.263. The highest BCUT2D eigenvalue weighted by Gasteiger charge is 2.63. The van der Waals surface area contributed by atoms with Gasteiger partial charge in [-0.05, 0) is 24.3 Å². The first-order valence-corrected chi connectivity index (χ1v) is 8.25. The average molecular weight is 394 g/mol. The van der Waals surface area contributed by atoms with Crippen molar-refractivity contribution in [2.75, 3.05) is 6.61 Å². The summed E-state index contributed by atoms with van der Waals surface area (Å²) in [5.74, 6) is -5.66. The van der Waals surface area contributed by atoms with Gasteiger partial charge < -0.3 is 14.2 Å². The van der Waals surface area contributed by atoms with Gasteiger partial charge in [0.1, 0.15) is 12.7 Å². The summed E-state index contributed by atoms with van der Waals surface area (Å²) in [7, 11) is 0. The highest BCUT2D eigenvalue weighted by Crippen LogP contribution is 2.39. The van der Waals surface area contributed by atoms with E-state index < -0.39 is 43.0 Å². The number of ether oxygens (including phenoxy) is 3. The molecule has 2 aromatic carbocycles. The molecule has 2 aromatic rings. The van der Waals surface area contributed by atoms with Gasteiger partial charge in [-0.1, -0.05) is 36.4 Å². The molecule has 0 aliphatic carbocycles. The largest absolute Gasteiger partial charge is 0.459 e. The van der Waals surface area contributed by atoms with Crippen molar-refractivity contribution in [2.45, 2.75) is 24.4 Å². The van der Waals surface area contributed by atoms with Gasteiger partial charge in [-0.2, -0.15) is 8.78 Å². The first-order chi connectivity index (χ1) is 13.4. The van der Waals surface area contributed by atoms with Gasteiger partial charge in [-0.25, -0.2) is 19.7 Å². The Balaban J connectivity index is 1.72. The summed E-state index contributed by atoms with van der Waals surface area (Å²) >= 11 is 0. The molecule has 1 fully saturated rings. The Morgan fingerprint density at radius 3 is 2.04 bits per heavy atom. The smallest absolute Gasteiger partial charge is 0.339 e. The molecule has 9 heteroatoms.